The maximum Gasteiger partial charge on any atom is 0.353 e. The maximum absolute atomic E-state index is 12.2. The number of phenolic OH excluding ortho intramolecular Hbond substituents is 1. The van der Waals surface area contributed by atoms with Crippen molar-refractivity contribution in [3.8, 4) is 17.2 Å². The molecule has 3 aromatic rings. The summed E-state index contributed by atoms with van der Waals surface area (Å²) in [5.41, 5.74) is 1.07. The molecule has 1 aromatic heterocycles. The normalized spacial score (nSPS) is 10.9. The molecule has 0 saturated carbocycles. The summed E-state index contributed by atoms with van der Waals surface area (Å²) in [6, 6.07) is 13.2. The number of aliphatic imine (C=N–C) groups is 1. The Balaban J connectivity index is 1.83. The van der Waals surface area contributed by atoms with Crippen LogP contribution >= 0.6 is 22.9 Å². The fourth-order valence-electron chi connectivity index (χ4n) is 2.25. The highest BCUT2D eigenvalue weighted by Crippen LogP contribution is 2.31. The van der Waals surface area contributed by atoms with E-state index < -0.39 is 5.97 Å². The molecule has 0 aliphatic carbocycles. The topological polar surface area (TPSA) is 68.1 Å². The number of benzene rings is 2. The zero-order valence-corrected chi connectivity index (χ0v) is 16.0. The van der Waals surface area contributed by atoms with E-state index in [1.165, 1.54) is 17.4 Å². The van der Waals surface area contributed by atoms with Crippen LogP contribution in [0.25, 0.3) is 0 Å². The molecule has 0 radical (unpaired) electrons. The molecule has 0 aliphatic heterocycles. The van der Waals surface area contributed by atoms with E-state index >= 15 is 0 Å². The first-order chi connectivity index (χ1) is 13.1. The van der Waals surface area contributed by atoms with Crippen molar-refractivity contribution in [1.82, 2.24) is 0 Å². The van der Waals surface area contributed by atoms with Crippen molar-refractivity contribution < 1.29 is 19.4 Å². The van der Waals surface area contributed by atoms with Crippen LogP contribution in [0.15, 0.2) is 58.9 Å². The molecule has 7 heteroatoms. The number of carbonyl (C=O) groups is 1. The van der Waals surface area contributed by atoms with Crippen LogP contribution in [0.5, 0.6) is 17.2 Å². The van der Waals surface area contributed by atoms with E-state index in [0.29, 0.717) is 39.3 Å². The van der Waals surface area contributed by atoms with Crippen LogP contribution in [0.1, 0.15) is 22.2 Å². The standard InChI is InChI=1S/C20H16ClNO4S/c1-2-25-18-10-13(12-22-15-11-14(21)6-7-16(15)23)5-8-17(18)26-20(24)19-4-3-9-27-19/h3-12,23H,2H2,1H3. The van der Waals surface area contributed by atoms with E-state index in [9.17, 15) is 9.90 Å². The molecule has 5 nitrogen and oxygen atoms in total. The first-order valence-electron chi connectivity index (χ1n) is 8.12. The molecular weight excluding hydrogens is 386 g/mol. The summed E-state index contributed by atoms with van der Waals surface area (Å²) in [6.45, 7) is 2.26. The molecule has 1 N–H and O–H groups in total. The van der Waals surface area contributed by atoms with Crippen LogP contribution in [-0.4, -0.2) is 23.9 Å². The molecule has 0 spiro atoms. The minimum Gasteiger partial charge on any atom is -0.506 e. The fraction of sp³-hybridized carbons (Fsp3) is 0.100. The van der Waals surface area contributed by atoms with Crippen molar-refractivity contribution >= 4 is 40.8 Å². The SMILES string of the molecule is CCOc1cc(C=Nc2cc(Cl)ccc2O)ccc1OC(=O)c1cccs1. The number of hydrogen-bond acceptors (Lipinski definition) is 6. The van der Waals surface area contributed by atoms with Gasteiger partial charge in [0.05, 0.1) is 6.61 Å². The van der Waals surface area contributed by atoms with E-state index in [4.69, 9.17) is 21.1 Å². The number of aromatic hydroxyl groups is 1. The predicted molar refractivity (Wildman–Crippen MR) is 107 cm³/mol. The third-order valence-corrected chi connectivity index (χ3v) is 4.57. The van der Waals surface area contributed by atoms with Gasteiger partial charge in [-0.1, -0.05) is 17.7 Å². The lowest BCUT2D eigenvalue weighted by atomic mass is 10.2. The van der Waals surface area contributed by atoms with Gasteiger partial charge in [-0.3, -0.25) is 4.99 Å². The second kappa shape index (κ2) is 8.70. The number of nitrogens with zero attached hydrogens (tertiary/aromatic N) is 1. The van der Waals surface area contributed by atoms with Gasteiger partial charge in [0.1, 0.15) is 16.3 Å². The summed E-state index contributed by atoms with van der Waals surface area (Å²) >= 11 is 7.23. The maximum atomic E-state index is 12.2. The highest BCUT2D eigenvalue weighted by Gasteiger charge is 2.14. The van der Waals surface area contributed by atoms with Gasteiger partial charge in [-0.05, 0) is 60.3 Å². The summed E-state index contributed by atoms with van der Waals surface area (Å²) in [7, 11) is 0. The summed E-state index contributed by atoms with van der Waals surface area (Å²) in [4.78, 5) is 16.9. The second-order valence-corrected chi connectivity index (χ2v) is 6.78. The second-order valence-electron chi connectivity index (χ2n) is 5.40. The van der Waals surface area contributed by atoms with Crippen LogP contribution in [0.4, 0.5) is 5.69 Å². The summed E-state index contributed by atoms with van der Waals surface area (Å²) < 4.78 is 11.0. The number of esters is 1. The molecule has 0 aliphatic rings. The smallest absolute Gasteiger partial charge is 0.353 e. The monoisotopic (exact) mass is 401 g/mol. The van der Waals surface area contributed by atoms with Gasteiger partial charge in [0.25, 0.3) is 0 Å². The Hall–Kier alpha value is -2.83. The molecule has 27 heavy (non-hydrogen) atoms. The van der Waals surface area contributed by atoms with Crippen molar-refractivity contribution in [1.29, 1.82) is 0 Å². The molecule has 0 unspecified atom stereocenters. The summed E-state index contributed by atoms with van der Waals surface area (Å²) in [5.74, 6) is 0.359. The van der Waals surface area contributed by atoms with Crippen LogP contribution in [0.3, 0.4) is 0 Å². The van der Waals surface area contributed by atoms with Gasteiger partial charge in [-0.2, -0.15) is 0 Å². The fourth-order valence-corrected chi connectivity index (χ4v) is 3.01. The van der Waals surface area contributed by atoms with Crippen molar-refractivity contribution in [2.24, 2.45) is 4.99 Å². The van der Waals surface area contributed by atoms with Crippen molar-refractivity contribution in [2.75, 3.05) is 6.61 Å². The van der Waals surface area contributed by atoms with Gasteiger partial charge in [0, 0.05) is 11.2 Å². The number of halogens is 1. The van der Waals surface area contributed by atoms with Gasteiger partial charge in [-0.25, -0.2) is 4.79 Å². The van der Waals surface area contributed by atoms with Gasteiger partial charge in [0.2, 0.25) is 0 Å². The Kier molecular flexibility index (Phi) is 6.11. The van der Waals surface area contributed by atoms with Crippen LogP contribution in [0, 0.1) is 0 Å². The Labute approximate surface area is 165 Å². The van der Waals surface area contributed by atoms with E-state index in [2.05, 4.69) is 4.99 Å². The first kappa shape index (κ1) is 18.9. The lowest BCUT2D eigenvalue weighted by Gasteiger charge is -2.11. The molecule has 1 heterocycles. The summed E-state index contributed by atoms with van der Waals surface area (Å²) in [5, 5.41) is 12.1. The highest BCUT2D eigenvalue weighted by molar-refractivity contribution is 7.12. The largest absolute Gasteiger partial charge is 0.506 e. The van der Waals surface area contributed by atoms with E-state index in [1.807, 2.05) is 12.3 Å². The average Bonchev–Trinajstić information content (AvgIpc) is 3.19. The van der Waals surface area contributed by atoms with Crippen LogP contribution in [-0.2, 0) is 0 Å². The van der Waals surface area contributed by atoms with Gasteiger partial charge < -0.3 is 14.6 Å². The Bertz CT molecular complexity index is 970. The molecular formula is C20H16ClNO4S. The molecule has 138 valence electrons. The number of carbonyl (C=O) groups excluding carboxylic acids is 1. The van der Waals surface area contributed by atoms with Crippen molar-refractivity contribution in [2.45, 2.75) is 6.92 Å². The lowest BCUT2D eigenvalue weighted by Crippen LogP contribution is -2.08. The Morgan fingerprint density at radius 3 is 2.81 bits per heavy atom. The average molecular weight is 402 g/mol. The lowest BCUT2D eigenvalue weighted by molar-refractivity contribution is 0.0733. The van der Waals surface area contributed by atoms with Crippen molar-refractivity contribution in [3.05, 3.63) is 69.4 Å². The Morgan fingerprint density at radius 2 is 2.07 bits per heavy atom. The quantitative estimate of drug-likeness (QED) is 0.337. The molecule has 0 fully saturated rings. The molecule has 3 rings (SSSR count). The third-order valence-electron chi connectivity index (χ3n) is 3.48. The van der Waals surface area contributed by atoms with Gasteiger partial charge in [0.15, 0.2) is 11.5 Å². The minimum atomic E-state index is -0.434. The number of rotatable bonds is 6. The van der Waals surface area contributed by atoms with Crippen molar-refractivity contribution in [3.63, 3.8) is 0 Å². The Morgan fingerprint density at radius 1 is 1.22 bits per heavy atom. The predicted octanol–water partition coefficient (Wildman–Crippen LogP) is 5.48. The first-order valence-corrected chi connectivity index (χ1v) is 9.37. The zero-order valence-electron chi connectivity index (χ0n) is 14.4. The molecule has 0 amide bonds. The van der Waals surface area contributed by atoms with Gasteiger partial charge >= 0.3 is 5.97 Å². The zero-order chi connectivity index (χ0) is 19.2. The molecule has 0 bridgehead atoms. The highest BCUT2D eigenvalue weighted by atomic mass is 35.5. The third kappa shape index (κ3) is 4.87. The van der Waals surface area contributed by atoms with Crippen LogP contribution in [0.2, 0.25) is 5.02 Å². The molecule has 2 aromatic carbocycles. The summed E-state index contributed by atoms with van der Waals surface area (Å²) in [6.07, 6.45) is 1.57. The number of phenols is 1. The van der Waals surface area contributed by atoms with E-state index in [1.54, 1.807) is 48.7 Å². The number of thiophene rings is 1. The molecule has 0 saturated heterocycles. The minimum absolute atomic E-state index is 0.0298. The molecule has 0 atom stereocenters. The van der Waals surface area contributed by atoms with Crippen LogP contribution < -0.4 is 9.47 Å². The number of ether oxygens (including phenoxy) is 2. The van der Waals surface area contributed by atoms with E-state index in [0.717, 1.165) is 0 Å². The van der Waals surface area contributed by atoms with E-state index in [-0.39, 0.29) is 5.75 Å². The number of hydrogen-bond donors (Lipinski definition) is 1. The van der Waals surface area contributed by atoms with Gasteiger partial charge in [-0.15, -0.1) is 11.3 Å².